The first-order chi connectivity index (χ1) is 13.5. The van der Waals surface area contributed by atoms with E-state index in [0.717, 1.165) is 31.2 Å². The second-order valence-corrected chi connectivity index (χ2v) is 7.62. The van der Waals surface area contributed by atoms with Crippen molar-refractivity contribution in [1.82, 2.24) is 5.43 Å². The van der Waals surface area contributed by atoms with Gasteiger partial charge in [-0.2, -0.15) is 5.10 Å². The van der Waals surface area contributed by atoms with Crippen LogP contribution >= 0.6 is 23.2 Å². The number of nitrogens with one attached hydrogen (secondary N) is 2. The van der Waals surface area contributed by atoms with Gasteiger partial charge in [0.1, 0.15) is 0 Å². The highest BCUT2D eigenvalue weighted by molar-refractivity contribution is 6.37. The molecule has 1 saturated carbocycles. The average Bonchev–Trinajstić information content (AvgIpc) is 2.68. The Hall–Kier alpha value is -2.37. The number of nitrogens with zero attached hydrogens (tertiary/aromatic N) is 1. The molecule has 2 N–H and O–H groups in total. The first-order valence-electron chi connectivity index (χ1n) is 9.22. The van der Waals surface area contributed by atoms with Crippen LogP contribution in [0.15, 0.2) is 47.6 Å². The highest BCUT2D eigenvalue weighted by Gasteiger charge is 2.20. The zero-order valence-electron chi connectivity index (χ0n) is 15.3. The number of hydrogen-bond acceptors (Lipinski definition) is 3. The van der Waals surface area contributed by atoms with E-state index in [4.69, 9.17) is 23.2 Å². The van der Waals surface area contributed by atoms with Gasteiger partial charge in [0.05, 0.1) is 16.8 Å². The third-order valence-electron chi connectivity index (χ3n) is 4.68. The lowest BCUT2D eigenvalue weighted by molar-refractivity contribution is -0.125. The molecule has 0 aromatic heterocycles. The second-order valence-electron chi connectivity index (χ2n) is 6.77. The molecule has 0 radical (unpaired) electrons. The maximum Gasteiger partial charge on any atom is 0.257 e. The van der Waals surface area contributed by atoms with Crippen LogP contribution in [-0.2, 0) is 4.79 Å². The molecule has 146 valence electrons. The monoisotopic (exact) mass is 417 g/mol. The molecule has 5 nitrogen and oxygen atoms in total. The highest BCUT2D eigenvalue weighted by atomic mass is 35.5. The molecule has 0 aliphatic heterocycles. The van der Waals surface area contributed by atoms with Crippen LogP contribution in [0.2, 0.25) is 10.0 Å². The number of benzene rings is 2. The minimum absolute atomic E-state index is 0.0298. The Labute approximate surface area is 174 Å². The minimum atomic E-state index is -0.332. The zero-order valence-corrected chi connectivity index (χ0v) is 16.8. The van der Waals surface area contributed by atoms with Gasteiger partial charge in [-0.05, 0) is 48.7 Å². The van der Waals surface area contributed by atoms with E-state index in [-0.39, 0.29) is 22.8 Å². The van der Waals surface area contributed by atoms with E-state index in [1.807, 2.05) is 6.07 Å². The van der Waals surface area contributed by atoms with Crippen molar-refractivity contribution in [2.45, 2.75) is 32.1 Å². The Bertz CT molecular complexity index is 893. The summed E-state index contributed by atoms with van der Waals surface area (Å²) in [5.74, 6) is -0.306. The molecule has 0 bridgehead atoms. The fourth-order valence-electron chi connectivity index (χ4n) is 3.20. The number of rotatable bonds is 5. The number of anilines is 1. The number of halogens is 2. The Balaban J connectivity index is 1.60. The lowest BCUT2D eigenvalue weighted by Gasteiger charge is -2.19. The number of carbonyl (C=O) groups is 2. The van der Waals surface area contributed by atoms with Crippen molar-refractivity contribution in [3.8, 4) is 0 Å². The fraction of sp³-hybridized carbons (Fsp3) is 0.286. The molecule has 0 unspecified atom stereocenters. The van der Waals surface area contributed by atoms with E-state index in [0.29, 0.717) is 16.3 Å². The Kier molecular flexibility index (Phi) is 7.06. The third-order valence-corrected chi connectivity index (χ3v) is 5.23. The number of carbonyl (C=O) groups excluding carboxylic acids is 2. The largest absolute Gasteiger partial charge is 0.322 e. The van der Waals surface area contributed by atoms with E-state index in [9.17, 15) is 9.59 Å². The molecule has 2 aromatic rings. The van der Waals surface area contributed by atoms with Crippen molar-refractivity contribution >= 4 is 46.9 Å². The lowest BCUT2D eigenvalue weighted by Crippen LogP contribution is -2.28. The van der Waals surface area contributed by atoms with E-state index in [1.165, 1.54) is 12.5 Å². The van der Waals surface area contributed by atoms with E-state index >= 15 is 0 Å². The van der Waals surface area contributed by atoms with Crippen molar-refractivity contribution in [2.24, 2.45) is 11.0 Å². The van der Waals surface area contributed by atoms with Gasteiger partial charge >= 0.3 is 0 Å². The molecule has 0 spiro atoms. The van der Waals surface area contributed by atoms with Gasteiger partial charge in [-0.3, -0.25) is 9.59 Å². The van der Waals surface area contributed by atoms with Crippen LogP contribution in [0.4, 0.5) is 5.69 Å². The summed E-state index contributed by atoms with van der Waals surface area (Å²) in [6.07, 6.45) is 6.81. The van der Waals surface area contributed by atoms with Crippen LogP contribution in [0.3, 0.4) is 0 Å². The number of amides is 2. The molecule has 0 heterocycles. The smallest absolute Gasteiger partial charge is 0.257 e. The standard InChI is InChI=1S/C21H21Cl2N3O2/c22-16-9-10-18(19(23)12-16)21(28)25-17-8-4-5-14(11-17)13-24-26-20(27)15-6-2-1-3-7-15/h4-5,8-13,15H,1-3,6-7H2,(H,25,28)(H,26,27)/b24-13-. The summed E-state index contributed by atoms with van der Waals surface area (Å²) in [7, 11) is 0. The van der Waals surface area contributed by atoms with Crippen LogP contribution < -0.4 is 10.7 Å². The molecule has 2 aromatic carbocycles. The molecule has 0 saturated heterocycles. The van der Waals surface area contributed by atoms with Crippen LogP contribution in [-0.4, -0.2) is 18.0 Å². The summed E-state index contributed by atoms with van der Waals surface area (Å²) < 4.78 is 0. The van der Waals surface area contributed by atoms with Crippen molar-refractivity contribution in [2.75, 3.05) is 5.32 Å². The maximum atomic E-state index is 12.4. The van der Waals surface area contributed by atoms with Gasteiger partial charge in [-0.1, -0.05) is 54.6 Å². The normalized spacial score (nSPS) is 14.8. The van der Waals surface area contributed by atoms with Gasteiger partial charge in [0, 0.05) is 16.6 Å². The van der Waals surface area contributed by atoms with Gasteiger partial charge < -0.3 is 5.32 Å². The Morgan fingerprint density at radius 3 is 2.57 bits per heavy atom. The molecular formula is C21H21Cl2N3O2. The maximum absolute atomic E-state index is 12.4. The van der Waals surface area contributed by atoms with Gasteiger partial charge in [0.2, 0.25) is 5.91 Å². The minimum Gasteiger partial charge on any atom is -0.322 e. The van der Waals surface area contributed by atoms with Gasteiger partial charge in [0.15, 0.2) is 0 Å². The van der Waals surface area contributed by atoms with Crippen molar-refractivity contribution in [3.63, 3.8) is 0 Å². The molecular weight excluding hydrogens is 397 g/mol. The molecule has 1 aliphatic rings. The molecule has 28 heavy (non-hydrogen) atoms. The molecule has 0 atom stereocenters. The lowest BCUT2D eigenvalue weighted by atomic mass is 9.89. The predicted octanol–water partition coefficient (Wildman–Crippen LogP) is 5.28. The van der Waals surface area contributed by atoms with Crippen LogP contribution in [0.25, 0.3) is 0 Å². The van der Waals surface area contributed by atoms with Crippen LogP contribution in [0.5, 0.6) is 0 Å². The molecule has 7 heteroatoms. The SMILES string of the molecule is O=C(Nc1cccc(/C=N\NC(=O)C2CCCCC2)c1)c1ccc(Cl)cc1Cl. The highest BCUT2D eigenvalue weighted by Crippen LogP contribution is 2.24. The topological polar surface area (TPSA) is 70.6 Å². The van der Waals surface area contributed by atoms with Crippen LogP contribution in [0.1, 0.15) is 48.0 Å². The summed E-state index contributed by atoms with van der Waals surface area (Å²) in [6, 6.07) is 11.9. The molecule has 1 aliphatic carbocycles. The number of hydrogen-bond donors (Lipinski definition) is 2. The van der Waals surface area contributed by atoms with Crippen LogP contribution in [0, 0.1) is 5.92 Å². The summed E-state index contributed by atoms with van der Waals surface area (Å²) >= 11 is 11.9. The third kappa shape index (κ3) is 5.57. The fourth-order valence-corrected chi connectivity index (χ4v) is 3.69. The van der Waals surface area contributed by atoms with E-state index in [1.54, 1.807) is 36.5 Å². The second kappa shape index (κ2) is 9.71. The first kappa shape index (κ1) is 20.4. The van der Waals surface area contributed by atoms with Crippen molar-refractivity contribution < 1.29 is 9.59 Å². The van der Waals surface area contributed by atoms with Gasteiger partial charge in [0.25, 0.3) is 5.91 Å². The molecule has 3 rings (SSSR count). The summed E-state index contributed by atoms with van der Waals surface area (Å²) in [5.41, 5.74) is 4.30. The average molecular weight is 418 g/mol. The molecule has 1 fully saturated rings. The zero-order chi connectivity index (χ0) is 19.9. The Morgan fingerprint density at radius 2 is 1.82 bits per heavy atom. The quantitative estimate of drug-likeness (QED) is 0.513. The predicted molar refractivity (Wildman–Crippen MR) is 113 cm³/mol. The Morgan fingerprint density at radius 1 is 1.04 bits per heavy atom. The summed E-state index contributed by atoms with van der Waals surface area (Å²) in [5, 5.41) is 7.59. The first-order valence-corrected chi connectivity index (χ1v) is 9.98. The van der Waals surface area contributed by atoms with Gasteiger partial charge in [-0.25, -0.2) is 5.43 Å². The van der Waals surface area contributed by atoms with E-state index in [2.05, 4.69) is 15.8 Å². The van der Waals surface area contributed by atoms with E-state index < -0.39 is 0 Å². The van der Waals surface area contributed by atoms with Crippen molar-refractivity contribution in [3.05, 3.63) is 63.6 Å². The summed E-state index contributed by atoms with van der Waals surface area (Å²) in [6.45, 7) is 0. The summed E-state index contributed by atoms with van der Waals surface area (Å²) in [4.78, 5) is 24.5. The van der Waals surface area contributed by atoms with Crippen molar-refractivity contribution in [1.29, 1.82) is 0 Å². The van der Waals surface area contributed by atoms with Gasteiger partial charge in [-0.15, -0.1) is 0 Å². The molecule has 2 amide bonds. The number of hydrazone groups is 1.